The van der Waals surface area contributed by atoms with Crippen LogP contribution in [0.3, 0.4) is 0 Å². The van der Waals surface area contributed by atoms with Crippen LogP contribution >= 0.6 is 0 Å². The molecule has 0 bridgehead atoms. The zero-order chi connectivity index (χ0) is 15.5. The van der Waals surface area contributed by atoms with Gasteiger partial charge in [0.15, 0.2) is 0 Å². The van der Waals surface area contributed by atoms with E-state index in [4.69, 9.17) is 0 Å². The zero-order valence-corrected chi connectivity index (χ0v) is 13.2. The normalized spacial score (nSPS) is 48.9. The van der Waals surface area contributed by atoms with Gasteiger partial charge in [-0.3, -0.25) is 4.79 Å². The first kappa shape index (κ1) is 14.5. The lowest BCUT2D eigenvalue weighted by Crippen LogP contribution is -2.49. The highest BCUT2D eigenvalue weighted by atomic mass is 16.3. The number of carbonyl (C=O) groups excluding carboxylic acids is 1. The van der Waals surface area contributed by atoms with E-state index in [0.29, 0.717) is 30.3 Å². The Labute approximate surface area is 131 Å². The van der Waals surface area contributed by atoms with Crippen molar-refractivity contribution in [1.82, 2.24) is 10.2 Å². The Morgan fingerprint density at radius 1 is 1.27 bits per heavy atom. The standard InChI is InChI=1S/C17H25N3O2/c1-17(6-11-3-14(21)4-12(11)7-17)19-9-16(22)20-13(8-18)2-10-5-15(10)20/h10-15,19,21H,2-7,9H2,1H3/t10?,11-,12+,13-,14-,15-,17-/m0/s1. The van der Waals surface area contributed by atoms with Gasteiger partial charge in [-0.2, -0.15) is 5.26 Å². The van der Waals surface area contributed by atoms with E-state index in [2.05, 4.69) is 18.3 Å². The lowest BCUT2D eigenvalue weighted by atomic mass is 9.95. The summed E-state index contributed by atoms with van der Waals surface area (Å²) in [6.07, 6.45) is 5.78. The van der Waals surface area contributed by atoms with Gasteiger partial charge in [0.2, 0.25) is 5.91 Å². The smallest absolute Gasteiger partial charge is 0.237 e. The van der Waals surface area contributed by atoms with Crippen molar-refractivity contribution < 1.29 is 9.90 Å². The molecule has 4 rings (SSSR count). The second-order valence-electron chi connectivity index (χ2n) is 8.21. The van der Waals surface area contributed by atoms with Crippen molar-refractivity contribution in [2.75, 3.05) is 6.54 Å². The summed E-state index contributed by atoms with van der Waals surface area (Å²) in [4.78, 5) is 14.4. The summed E-state index contributed by atoms with van der Waals surface area (Å²) in [7, 11) is 0. The molecule has 4 aliphatic rings. The Morgan fingerprint density at radius 2 is 1.95 bits per heavy atom. The number of nitrogens with one attached hydrogen (secondary N) is 1. The largest absolute Gasteiger partial charge is 0.393 e. The van der Waals surface area contributed by atoms with Gasteiger partial charge >= 0.3 is 0 Å². The topological polar surface area (TPSA) is 76.4 Å². The maximum atomic E-state index is 12.5. The Kier molecular flexibility index (Phi) is 3.25. The molecule has 0 aromatic rings. The summed E-state index contributed by atoms with van der Waals surface area (Å²) in [5.74, 6) is 1.88. The third kappa shape index (κ3) is 2.33. The number of aliphatic hydroxyl groups excluding tert-OH is 1. The maximum Gasteiger partial charge on any atom is 0.237 e. The van der Waals surface area contributed by atoms with Crippen LogP contribution < -0.4 is 5.32 Å². The predicted octanol–water partition coefficient (Wildman–Crippen LogP) is 1.03. The van der Waals surface area contributed by atoms with Crippen LogP contribution in [0.1, 0.15) is 45.4 Å². The molecule has 1 saturated heterocycles. The molecule has 5 heteroatoms. The van der Waals surface area contributed by atoms with Crippen LogP contribution in [0.4, 0.5) is 0 Å². The van der Waals surface area contributed by atoms with Gasteiger partial charge in [0.1, 0.15) is 6.04 Å². The summed E-state index contributed by atoms with van der Waals surface area (Å²) in [6.45, 7) is 2.55. The van der Waals surface area contributed by atoms with Crippen molar-refractivity contribution in [1.29, 1.82) is 5.26 Å². The van der Waals surface area contributed by atoms with Gasteiger partial charge in [-0.1, -0.05) is 0 Å². The Hall–Kier alpha value is -1.12. The predicted molar refractivity (Wildman–Crippen MR) is 80.6 cm³/mol. The Balaban J connectivity index is 1.33. The molecule has 1 amide bonds. The van der Waals surface area contributed by atoms with E-state index >= 15 is 0 Å². The van der Waals surface area contributed by atoms with Crippen LogP contribution in [0.15, 0.2) is 0 Å². The average molecular weight is 303 g/mol. The number of likely N-dealkylation sites (tertiary alicyclic amines) is 1. The van der Waals surface area contributed by atoms with Gasteiger partial charge in [-0.15, -0.1) is 0 Å². The molecular formula is C17H25N3O2. The lowest BCUT2D eigenvalue weighted by molar-refractivity contribution is -0.131. The molecule has 0 radical (unpaired) electrons. The van der Waals surface area contributed by atoms with Crippen molar-refractivity contribution in [3.8, 4) is 6.07 Å². The first-order valence-electron chi connectivity index (χ1n) is 8.63. The van der Waals surface area contributed by atoms with Crippen molar-refractivity contribution in [2.24, 2.45) is 17.8 Å². The van der Waals surface area contributed by atoms with Crippen LogP contribution in [-0.4, -0.2) is 46.2 Å². The minimum Gasteiger partial charge on any atom is -0.393 e. The SMILES string of the molecule is C[C@@]1(NCC(=O)N2[C@H](C#N)CC3C[C@@H]32)C[C@H]2C[C@@H](O)C[C@H]2C1. The van der Waals surface area contributed by atoms with Crippen LogP contribution in [-0.2, 0) is 4.79 Å². The average Bonchev–Trinajstić information content (AvgIpc) is 2.83. The van der Waals surface area contributed by atoms with Crippen molar-refractivity contribution in [3.05, 3.63) is 0 Å². The Bertz CT molecular complexity index is 514. The van der Waals surface area contributed by atoms with Crippen LogP contribution in [0, 0.1) is 29.1 Å². The number of carbonyl (C=O) groups is 1. The molecular weight excluding hydrogens is 278 g/mol. The van der Waals surface area contributed by atoms with Gasteiger partial charge in [0.25, 0.3) is 0 Å². The highest BCUT2D eigenvalue weighted by Crippen LogP contribution is 2.49. The number of rotatable bonds is 3. The lowest BCUT2D eigenvalue weighted by Gasteiger charge is -2.29. The third-order valence-corrected chi connectivity index (χ3v) is 6.45. The fourth-order valence-corrected chi connectivity index (χ4v) is 5.38. The second-order valence-corrected chi connectivity index (χ2v) is 8.21. The number of fused-ring (bicyclic) bond motifs is 2. The van der Waals surface area contributed by atoms with Crippen molar-refractivity contribution >= 4 is 5.91 Å². The highest BCUT2D eigenvalue weighted by Gasteiger charge is 2.54. The van der Waals surface area contributed by atoms with Gasteiger partial charge in [0, 0.05) is 11.6 Å². The number of nitriles is 1. The fourth-order valence-electron chi connectivity index (χ4n) is 5.38. The maximum absolute atomic E-state index is 12.5. The molecule has 7 atom stereocenters. The summed E-state index contributed by atoms with van der Waals surface area (Å²) in [5, 5.41) is 22.4. The van der Waals surface area contributed by atoms with Gasteiger partial charge in [-0.05, 0) is 63.2 Å². The highest BCUT2D eigenvalue weighted by molar-refractivity contribution is 5.80. The number of amides is 1. The molecule has 1 aliphatic heterocycles. The molecule has 3 aliphatic carbocycles. The Morgan fingerprint density at radius 3 is 2.59 bits per heavy atom. The number of piperidine rings is 1. The van der Waals surface area contributed by atoms with Crippen molar-refractivity contribution in [3.63, 3.8) is 0 Å². The van der Waals surface area contributed by atoms with E-state index in [1.165, 1.54) is 0 Å². The molecule has 0 aromatic heterocycles. The molecule has 120 valence electrons. The minimum atomic E-state index is -0.205. The number of aliphatic hydroxyl groups is 1. The first-order chi connectivity index (χ1) is 10.5. The first-order valence-corrected chi connectivity index (χ1v) is 8.63. The van der Waals surface area contributed by atoms with E-state index < -0.39 is 0 Å². The van der Waals surface area contributed by atoms with Crippen LogP contribution in [0.5, 0.6) is 0 Å². The molecule has 0 spiro atoms. The second kappa shape index (κ2) is 4.94. The monoisotopic (exact) mass is 303 g/mol. The summed E-state index contributed by atoms with van der Waals surface area (Å²) in [6, 6.07) is 2.41. The quantitative estimate of drug-likeness (QED) is 0.816. The van der Waals surface area contributed by atoms with Gasteiger partial charge in [0.05, 0.1) is 18.7 Å². The summed E-state index contributed by atoms with van der Waals surface area (Å²) >= 11 is 0. The number of nitrogens with zero attached hydrogens (tertiary/aromatic N) is 2. The van der Waals surface area contributed by atoms with Crippen LogP contribution in [0.2, 0.25) is 0 Å². The fraction of sp³-hybridized carbons (Fsp3) is 0.882. The molecule has 3 saturated carbocycles. The van der Waals surface area contributed by atoms with E-state index in [-0.39, 0.29) is 23.6 Å². The summed E-state index contributed by atoms with van der Waals surface area (Å²) < 4.78 is 0. The molecule has 1 heterocycles. The minimum absolute atomic E-state index is 0.00987. The molecule has 2 N–H and O–H groups in total. The zero-order valence-electron chi connectivity index (χ0n) is 13.2. The van der Waals surface area contributed by atoms with E-state index in [9.17, 15) is 15.2 Å². The molecule has 22 heavy (non-hydrogen) atoms. The molecule has 4 fully saturated rings. The molecule has 1 unspecified atom stereocenters. The van der Waals surface area contributed by atoms with Gasteiger partial charge < -0.3 is 15.3 Å². The number of hydrogen-bond donors (Lipinski definition) is 2. The third-order valence-electron chi connectivity index (χ3n) is 6.45. The van der Waals surface area contributed by atoms with E-state index in [1.54, 1.807) is 0 Å². The van der Waals surface area contributed by atoms with Crippen molar-refractivity contribution in [2.45, 2.75) is 69.2 Å². The van der Waals surface area contributed by atoms with Gasteiger partial charge in [-0.25, -0.2) is 0 Å². The van der Waals surface area contributed by atoms with E-state index in [1.807, 2.05) is 4.90 Å². The van der Waals surface area contributed by atoms with E-state index in [0.717, 1.165) is 38.5 Å². The summed E-state index contributed by atoms with van der Waals surface area (Å²) in [5.41, 5.74) is 0.00987. The molecule has 5 nitrogen and oxygen atoms in total. The molecule has 0 aromatic carbocycles. The van der Waals surface area contributed by atoms with Crippen LogP contribution in [0.25, 0.3) is 0 Å². The number of hydrogen-bond acceptors (Lipinski definition) is 4.